The second-order valence-electron chi connectivity index (χ2n) is 7.42. The summed E-state index contributed by atoms with van der Waals surface area (Å²) >= 11 is 0. The van der Waals surface area contributed by atoms with Crippen molar-refractivity contribution in [3.05, 3.63) is 84.2 Å². The molecule has 3 aromatic heterocycles. The van der Waals surface area contributed by atoms with Crippen molar-refractivity contribution in [2.45, 2.75) is 26.7 Å². The Balaban J connectivity index is 1.79. The van der Waals surface area contributed by atoms with Gasteiger partial charge in [0, 0.05) is 28.8 Å². The minimum Gasteiger partial charge on any atom is -0.236 e. The van der Waals surface area contributed by atoms with Crippen LogP contribution >= 0.6 is 0 Å². The van der Waals surface area contributed by atoms with Gasteiger partial charge in [0.2, 0.25) is 0 Å². The van der Waals surface area contributed by atoms with Gasteiger partial charge in [0.05, 0.1) is 11.4 Å². The Morgan fingerprint density at radius 2 is 1.69 bits per heavy atom. The van der Waals surface area contributed by atoms with Gasteiger partial charge >= 0.3 is 0 Å². The molecule has 0 saturated carbocycles. The van der Waals surface area contributed by atoms with Crippen LogP contribution in [-0.4, -0.2) is 19.6 Å². The number of pyridine rings is 1. The standard InChI is InChI=1S/C25H22N4/c1-3-7-18-10-12-20(13-11-18)24-22(19-8-5-4-6-9-19)15-21-16-26-23-14-17(2)28-29(23)25(21)27-24/h4-6,8-16H,3,7H2,1-2H3. The molecular weight excluding hydrogens is 356 g/mol. The molecule has 4 heteroatoms. The van der Waals surface area contributed by atoms with Crippen molar-refractivity contribution in [2.24, 2.45) is 0 Å². The lowest BCUT2D eigenvalue weighted by Crippen LogP contribution is -1.99. The van der Waals surface area contributed by atoms with Gasteiger partial charge < -0.3 is 0 Å². The van der Waals surface area contributed by atoms with Crippen molar-refractivity contribution in [3.63, 3.8) is 0 Å². The number of fused-ring (bicyclic) bond motifs is 3. The summed E-state index contributed by atoms with van der Waals surface area (Å²) in [4.78, 5) is 9.66. The molecule has 0 saturated heterocycles. The molecule has 0 aliphatic rings. The van der Waals surface area contributed by atoms with E-state index in [1.54, 1.807) is 0 Å². The number of hydrogen-bond donors (Lipinski definition) is 0. The van der Waals surface area contributed by atoms with Crippen LogP contribution in [0, 0.1) is 6.92 Å². The van der Waals surface area contributed by atoms with Crippen LogP contribution < -0.4 is 0 Å². The average Bonchev–Trinajstić information content (AvgIpc) is 3.15. The second kappa shape index (κ2) is 7.13. The van der Waals surface area contributed by atoms with Crippen molar-refractivity contribution < 1.29 is 0 Å². The zero-order valence-corrected chi connectivity index (χ0v) is 16.6. The lowest BCUT2D eigenvalue weighted by molar-refractivity contribution is 0.922. The van der Waals surface area contributed by atoms with E-state index in [4.69, 9.17) is 4.98 Å². The van der Waals surface area contributed by atoms with E-state index >= 15 is 0 Å². The molecule has 0 N–H and O–H groups in total. The van der Waals surface area contributed by atoms with E-state index in [1.807, 2.05) is 29.8 Å². The van der Waals surface area contributed by atoms with E-state index in [1.165, 1.54) is 5.56 Å². The van der Waals surface area contributed by atoms with Gasteiger partial charge in [0.25, 0.3) is 0 Å². The first-order valence-corrected chi connectivity index (χ1v) is 10.0. The normalized spacial score (nSPS) is 11.4. The van der Waals surface area contributed by atoms with Crippen molar-refractivity contribution in [3.8, 4) is 22.4 Å². The van der Waals surface area contributed by atoms with Crippen molar-refractivity contribution in [2.75, 3.05) is 0 Å². The predicted molar refractivity (Wildman–Crippen MR) is 118 cm³/mol. The summed E-state index contributed by atoms with van der Waals surface area (Å²) in [5, 5.41) is 5.59. The van der Waals surface area contributed by atoms with Crippen molar-refractivity contribution in [1.29, 1.82) is 0 Å². The Morgan fingerprint density at radius 3 is 2.45 bits per heavy atom. The summed E-state index contributed by atoms with van der Waals surface area (Å²) in [7, 11) is 0. The van der Waals surface area contributed by atoms with E-state index < -0.39 is 0 Å². The molecule has 0 atom stereocenters. The Bertz CT molecular complexity index is 1300. The van der Waals surface area contributed by atoms with E-state index in [9.17, 15) is 0 Å². The van der Waals surface area contributed by atoms with Gasteiger partial charge in [-0.2, -0.15) is 9.61 Å². The summed E-state index contributed by atoms with van der Waals surface area (Å²) in [6.07, 6.45) is 4.13. The van der Waals surface area contributed by atoms with Crippen LogP contribution in [-0.2, 0) is 6.42 Å². The van der Waals surface area contributed by atoms with Crippen LogP contribution in [0.4, 0.5) is 0 Å². The minimum atomic E-state index is 0.819. The number of hydrogen-bond acceptors (Lipinski definition) is 3. The number of rotatable bonds is 4. The number of nitrogens with zero attached hydrogens (tertiary/aromatic N) is 4. The van der Waals surface area contributed by atoms with E-state index in [0.29, 0.717) is 0 Å². The molecule has 2 aromatic carbocycles. The topological polar surface area (TPSA) is 43.1 Å². The maximum Gasteiger partial charge on any atom is 0.165 e. The Kier molecular flexibility index (Phi) is 4.32. The van der Waals surface area contributed by atoms with Gasteiger partial charge in [-0.25, -0.2) is 9.97 Å². The van der Waals surface area contributed by atoms with Gasteiger partial charge in [-0.3, -0.25) is 0 Å². The summed E-state index contributed by atoms with van der Waals surface area (Å²) in [5.41, 5.74) is 8.26. The SMILES string of the molecule is CCCc1ccc(-c2nc3c(cnc4cc(C)nn43)cc2-c2ccccc2)cc1. The molecule has 5 rings (SSSR count). The fourth-order valence-corrected chi connectivity index (χ4v) is 3.83. The molecule has 0 radical (unpaired) electrons. The number of aryl methyl sites for hydroxylation is 2. The smallest absolute Gasteiger partial charge is 0.165 e. The third-order valence-electron chi connectivity index (χ3n) is 5.23. The van der Waals surface area contributed by atoms with Crippen LogP contribution in [0.5, 0.6) is 0 Å². The third-order valence-corrected chi connectivity index (χ3v) is 5.23. The first-order valence-electron chi connectivity index (χ1n) is 10.0. The molecule has 142 valence electrons. The van der Waals surface area contributed by atoms with Crippen LogP contribution in [0.15, 0.2) is 72.9 Å². The molecule has 0 amide bonds. The molecule has 3 heterocycles. The molecule has 0 fully saturated rings. The van der Waals surface area contributed by atoms with Gasteiger partial charge in [-0.15, -0.1) is 0 Å². The maximum absolute atomic E-state index is 5.10. The summed E-state index contributed by atoms with van der Waals surface area (Å²) < 4.78 is 1.84. The maximum atomic E-state index is 5.10. The van der Waals surface area contributed by atoms with Crippen molar-refractivity contribution >= 4 is 16.7 Å². The van der Waals surface area contributed by atoms with Crippen LogP contribution in [0.25, 0.3) is 39.1 Å². The Labute approximate surface area is 169 Å². The first-order chi connectivity index (χ1) is 14.2. The van der Waals surface area contributed by atoms with Crippen molar-refractivity contribution in [1.82, 2.24) is 19.6 Å². The van der Waals surface area contributed by atoms with Crippen LogP contribution in [0.3, 0.4) is 0 Å². The van der Waals surface area contributed by atoms with Gasteiger partial charge in [0.1, 0.15) is 0 Å². The highest BCUT2D eigenvalue weighted by atomic mass is 15.3. The molecule has 0 aliphatic heterocycles. The molecular formula is C25H22N4. The largest absolute Gasteiger partial charge is 0.236 e. The highest BCUT2D eigenvalue weighted by molar-refractivity contribution is 5.90. The molecule has 0 bridgehead atoms. The quantitative estimate of drug-likeness (QED) is 0.393. The molecule has 0 spiro atoms. The Hall–Kier alpha value is -3.53. The van der Waals surface area contributed by atoms with Gasteiger partial charge in [0.15, 0.2) is 11.3 Å². The summed E-state index contributed by atoms with van der Waals surface area (Å²) in [6, 6.07) is 23.3. The minimum absolute atomic E-state index is 0.819. The molecule has 4 nitrogen and oxygen atoms in total. The molecule has 29 heavy (non-hydrogen) atoms. The molecule has 5 aromatic rings. The van der Waals surface area contributed by atoms with E-state index in [0.717, 1.165) is 57.6 Å². The fraction of sp³-hybridized carbons (Fsp3) is 0.160. The first kappa shape index (κ1) is 17.6. The molecule has 0 unspecified atom stereocenters. The highest BCUT2D eigenvalue weighted by Gasteiger charge is 2.14. The summed E-state index contributed by atoms with van der Waals surface area (Å²) in [5.74, 6) is 0. The fourth-order valence-electron chi connectivity index (χ4n) is 3.83. The zero-order valence-electron chi connectivity index (χ0n) is 16.6. The van der Waals surface area contributed by atoms with Crippen LogP contribution in [0.1, 0.15) is 24.6 Å². The zero-order chi connectivity index (χ0) is 19.8. The van der Waals surface area contributed by atoms with Gasteiger partial charge in [-0.05, 0) is 30.5 Å². The van der Waals surface area contributed by atoms with Gasteiger partial charge in [-0.1, -0.05) is 67.9 Å². The monoisotopic (exact) mass is 378 g/mol. The third kappa shape index (κ3) is 3.17. The molecule has 0 aliphatic carbocycles. The summed E-state index contributed by atoms with van der Waals surface area (Å²) in [6.45, 7) is 4.18. The predicted octanol–water partition coefficient (Wildman–Crippen LogP) is 5.87. The van der Waals surface area contributed by atoms with E-state index in [2.05, 4.69) is 71.6 Å². The Morgan fingerprint density at radius 1 is 0.897 bits per heavy atom. The lowest BCUT2D eigenvalue weighted by atomic mass is 9.97. The van der Waals surface area contributed by atoms with E-state index in [-0.39, 0.29) is 0 Å². The van der Waals surface area contributed by atoms with Crippen LogP contribution in [0.2, 0.25) is 0 Å². The average molecular weight is 378 g/mol. The number of aromatic nitrogens is 4. The lowest BCUT2D eigenvalue weighted by Gasteiger charge is -2.12. The second-order valence-corrected chi connectivity index (χ2v) is 7.42. The number of benzene rings is 2. The highest BCUT2D eigenvalue weighted by Crippen LogP contribution is 2.33.